The van der Waals surface area contributed by atoms with Crippen LogP contribution in [0.4, 0.5) is 16.2 Å². The lowest BCUT2D eigenvalue weighted by atomic mass is 10.0. The molecule has 1 aromatic carbocycles. The number of hydrogen-bond acceptors (Lipinski definition) is 5. The second kappa shape index (κ2) is 5.58. The van der Waals surface area contributed by atoms with Crippen LogP contribution in [-0.4, -0.2) is 45.0 Å². The lowest BCUT2D eigenvalue weighted by molar-refractivity contribution is -0.384. The number of nitrogens with zero attached hydrogens (tertiary/aromatic N) is 4. The summed E-state index contributed by atoms with van der Waals surface area (Å²) in [6.07, 6.45) is 2.49. The minimum absolute atomic E-state index is 0.0303. The first-order valence-electron chi connectivity index (χ1n) is 9.02. The number of nitro benzene ring substituents is 1. The van der Waals surface area contributed by atoms with Crippen LogP contribution in [0.15, 0.2) is 18.3 Å². The van der Waals surface area contributed by atoms with Crippen LogP contribution in [-0.2, 0) is 5.54 Å². The van der Waals surface area contributed by atoms with Crippen molar-refractivity contribution >= 4 is 28.4 Å². The van der Waals surface area contributed by atoms with Gasteiger partial charge in [-0.05, 0) is 39.7 Å². The highest BCUT2D eigenvalue weighted by atomic mass is 16.6. The van der Waals surface area contributed by atoms with E-state index >= 15 is 0 Å². The molecule has 1 amide bonds. The molecule has 1 spiro atoms. The zero-order valence-electron chi connectivity index (χ0n) is 15.6. The first-order valence-corrected chi connectivity index (χ1v) is 9.02. The first-order chi connectivity index (χ1) is 12.6. The van der Waals surface area contributed by atoms with Gasteiger partial charge in [0.15, 0.2) is 0 Å². The smallest absolute Gasteiger partial charge is 0.404 e. The Balaban J connectivity index is 1.83. The van der Waals surface area contributed by atoms with E-state index in [-0.39, 0.29) is 27.6 Å². The maximum atomic E-state index is 11.7. The Bertz CT molecular complexity index is 941. The Kier molecular flexibility index (Phi) is 3.63. The third-order valence-corrected chi connectivity index (χ3v) is 5.69. The summed E-state index contributed by atoms with van der Waals surface area (Å²) in [5.74, 6) is 0. The van der Waals surface area contributed by atoms with Crippen molar-refractivity contribution in [3.63, 3.8) is 0 Å². The molecular weight excluding hydrogens is 350 g/mol. The van der Waals surface area contributed by atoms with E-state index in [1.807, 2.05) is 30.4 Å². The Labute approximate surface area is 156 Å². The number of rotatable bonds is 3. The number of nitro groups is 1. The summed E-state index contributed by atoms with van der Waals surface area (Å²) in [5, 5.41) is 28.7. The van der Waals surface area contributed by atoms with Crippen LogP contribution >= 0.6 is 0 Å². The molecule has 2 aliphatic rings. The summed E-state index contributed by atoms with van der Waals surface area (Å²) in [6.45, 7) is 7.12. The van der Waals surface area contributed by atoms with E-state index < -0.39 is 6.09 Å². The number of anilines is 1. The van der Waals surface area contributed by atoms with E-state index in [2.05, 4.69) is 10.4 Å². The fourth-order valence-electron chi connectivity index (χ4n) is 4.24. The molecule has 0 unspecified atom stereocenters. The summed E-state index contributed by atoms with van der Waals surface area (Å²) in [6, 6.07) is 3.05. The molecule has 1 aromatic heterocycles. The van der Waals surface area contributed by atoms with Crippen LogP contribution in [0, 0.1) is 15.5 Å². The highest BCUT2D eigenvalue weighted by Gasteiger charge is 2.56. The lowest BCUT2D eigenvalue weighted by Gasteiger charge is -2.22. The van der Waals surface area contributed by atoms with Crippen LogP contribution in [0.25, 0.3) is 10.9 Å². The Morgan fingerprint density at radius 3 is 2.67 bits per heavy atom. The molecule has 1 aliphatic heterocycles. The minimum atomic E-state index is -1.05. The second-order valence-corrected chi connectivity index (χ2v) is 8.60. The number of carboxylic acid groups (broad SMARTS) is 1. The topological polar surface area (TPSA) is 114 Å². The number of hydrogen-bond donors (Lipinski definition) is 2. The van der Waals surface area contributed by atoms with Gasteiger partial charge >= 0.3 is 6.09 Å². The first kappa shape index (κ1) is 17.6. The molecule has 144 valence electrons. The van der Waals surface area contributed by atoms with Gasteiger partial charge in [-0.1, -0.05) is 0 Å². The quantitative estimate of drug-likeness (QED) is 0.632. The maximum Gasteiger partial charge on any atom is 0.404 e. The zero-order chi connectivity index (χ0) is 19.6. The lowest BCUT2D eigenvalue weighted by Crippen LogP contribution is -2.40. The van der Waals surface area contributed by atoms with Crippen molar-refractivity contribution in [3.05, 3.63) is 28.4 Å². The zero-order valence-corrected chi connectivity index (χ0v) is 15.6. The molecule has 1 atom stereocenters. The predicted octanol–water partition coefficient (Wildman–Crippen LogP) is 2.94. The van der Waals surface area contributed by atoms with Gasteiger partial charge in [-0.15, -0.1) is 0 Å². The molecule has 1 saturated heterocycles. The highest BCUT2D eigenvalue weighted by molar-refractivity contribution is 5.97. The molecule has 2 N–H and O–H groups in total. The average molecular weight is 373 g/mol. The molecule has 1 saturated carbocycles. The van der Waals surface area contributed by atoms with E-state index in [0.717, 1.165) is 23.7 Å². The van der Waals surface area contributed by atoms with Crippen LogP contribution in [0.3, 0.4) is 0 Å². The molecule has 4 rings (SSSR count). The van der Waals surface area contributed by atoms with Crippen molar-refractivity contribution in [3.8, 4) is 0 Å². The molecule has 0 bridgehead atoms. The van der Waals surface area contributed by atoms with Crippen LogP contribution in [0.5, 0.6) is 0 Å². The largest absolute Gasteiger partial charge is 0.465 e. The van der Waals surface area contributed by atoms with Crippen molar-refractivity contribution in [1.29, 1.82) is 0 Å². The van der Waals surface area contributed by atoms with Gasteiger partial charge in [0, 0.05) is 24.6 Å². The number of amides is 1. The molecule has 2 fully saturated rings. The number of benzene rings is 1. The number of fused-ring (bicyclic) bond motifs is 1. The molecule has 2 aromatic rings. The molecule has 1 aliphatic carbocycles. The van der Waals surface area contributed by atoms with Gasteiger partial charge in [0.1, 0.15) is 5.69 Å². The van der Waals surface area contributed by atoms with E-state index in [0.29, 0.717) is 18.8 Å². The normalized spacial score (nSPS) is 21.0. The van der Waals surface area contributed by atoms with E-state index in [4.69, 9.17) is 5.11 Å². The summed E-state index contributed by atoms with van der Waals surface area (Å²) in [7, 11) is 0. The van der Waals surface area contributed by atoms with Gasteiger partial charge < -0.3 is 15.3 Å². The molecule has 27 heavy (non-hydrogen) atoms. The summed E-state index contributed by atoms with van der Waals surface area (Å²) in [5.41, 5.74) is 1.03. The monoisotopic (exact) mass is 373 g/mol. The molecule has 9 nitrogen and oxygen atoms in total. The third-order valence-electron chi connectivity index (χ3n) is 5.69. The fourth-order valence-corrected chi connectivity index (χ4v) is 4.24. The maximum absolute atomic E-state index is 11.7. The standard InChI is InChI=1S/C18H23N5O4/c1-17(2,3)22-12-4-5-13(23(26)27)15(11(12)8-19-22)21-9-14(20-16(24)25)18(10-21)6-7-18/h4-5,8,14,20H,6-7,9-10H2,1-3H3,(H,24,25)/t14-/m0/s1. The fraction of sp³-hybridized carbons (Fsp3) is 0.556. The summed E-state index contributed by atoms with van der Waals surface area (Å²) < 4.78 is 1.87. The summed E-state index contributed by atoms with van der Waals surface area (Å²) in [4.78, 5) is 24.5. The minimum Gasteiger partial charge on any atom is -0.465 e. The second-order valence-electron chi connectivity index (χ2n) is 8.60. The van der Waals surface area contributed by atoms with E-state index in [1.165, 1.54) is 6.07 Å². The third kappa shape index (κ3) is 2.77. The van der Waals surface area contributed by atoms with Crippen molar-refractivity contribution in [1.82, 2.24) is 15.1 Å². The number of aromatic nitrogens is 2. The van der Waals surface area contributed by atoms with Gasteiger partial charge in [-0.3, -0.25) is 14.8 Å². The molecular formula is C18H23N5O4. The number of nitrogens with one attached hydrogen (secondary N) is 1. The van der Waals surface area contributed by atoms with Gasteiger partial charge in [0.25, 0.3) is 5.69 Å². The van der Waals surface area contributed by atoms with Crippen molar-refractivity contribution in [2.24, 2.45) is 5.41 Å². The SMILES string of the molecule is CC(C)(C)n1ncc2c(N3C[C@H](NC(=O)O)C4(CC4)C3)c([N+](=O)[O-])ccc21. The van der Waals surface area contributed by atoms with Crippen molar-refractivity contribution in [2.75, 3.05) is 18.0 Å². The van der Waals surface area contributed by atoms with Gasteiger partial charge in [0.2, 0.25) is 0 Å². The van der Waals surface area contributed by atoms with Gasteiger partial charge in [-0.25, -0.2) is 4.79 Å². The molecule has 2 heterocycles. The Morgan fingerprint density at radius 2 is 2.11 bits per heavy atom. The van der Waals surface area contributed by atoms with Crippen LogP contribution in [0.2, 0.25) is 0 Å². The van der Waals surface area contributed by atoms with E-state index in [9.17, 15) is 14.9 Å². The van der Waals surface area contributed by atoms with Gasteiger partial charge in [0.05, 0.1) is 33.6 Å². The van der Waals surface area contributed by atoms with E-state index in [1.54, 1.807) is 12.3 Å². The van der Waals surface area contributed by atoms with Crippen molar-refractivity contribution in [2.45, 2.75) is 45.2 Å². The molecule has 0 radical (unpaired) electrons. The Hall–Kier alpha value is -2.84. The van der Waals surface area contributed by atoms with Gasteiger partial charge in [-0.2, -0.15) is 5.10 Å². The average Bonchev–Trinajstić information content (AvgIpc) is 3.05. The molecule has 9 heteroatoms. The van der Waals surface area contributed by atoms with Crippen molar-refractivity contribution < 1.29 is 14.8 Å². The van der Waals surface area contributed by atoms with Crippen LogP contribution < -0.4 is 10.2 Å². The predicted molar refractivity (Wildman–Crippen MR) is 100 cm³/mol. The van der Waals surface area contributed by atoms with Crippen LogP contribution in [0.1, 0.15) is 33.6 Å². The highest BCUT2D eigenvalue weighted by Crippen LogP contribution is 2.55. The number of carbonyl (C=O) groups is 1. The summed E-state index contributed by atoms with van der Waals surface area (Å²) >= 11 is 0. The Morgan fingerprint density at radius 1 is 1.41 bits per heavy atom.